The minimum Gasteiger partial charge on any atom is -0.481 e. The smallest absolute Gasteiger partial charge is 0.303 e. The van der Waals surface area contributed by atoms with Crippen LogP contribution in [0.2, 0.25) is 5.02 Å². The van der Waals surface area contributed by atoms with E-state index in [2.05, 4.69) is 36.5 Å². The molecular weight excluding hydrogens is 449 g/mol. The van der Waals surface area contributed by atoms with E-state index >= 15 is 0 Å². The predicted octanol–water partition coefficient (Wildman–Crippen LogP) is 7.21. The summed E-state index contributed by atoms with van der Waals surface area (Å²) in [5.41, 5.74) is 4.69. The second kappa shape index (κ2) is 10.8. The zero-order valence-corrected chi connectivity index (χ0v) is 19.8. The average molecular weight is 476 g/mol. The molecular formula is C29H27ClFNO2. The Balaban J connectivity index is 1.59. The van der Waals surface area contributed by atoms with E-state index in [0.29, 0.717) is 12.0 Å². The van der Waals surface area contributed by atoms with Crippen LogP contribution in [0.1, 0.15) is 36.1 Å². The first-order valence-electron chi connectivity index (χ1n) is 11.4. The number of benzene rings is 4. The van der Waals surface area contributed by atoms with E-state index in [-0.39, 0.29) is 18.3 Å². The maximum Gasteiger partial charge on any atom is 0.303 e. The number of hydrogen-bond acceptors (Lipinski definition) is 2. The lowest BCUT2D eigenvalue weighted by molar-refractivity contribution is -0.136. The van der Waals surface area contributed by atoms with Crippen molar-refractivity contribution in [3.8, 4) is 11.1 Å². The Hall–Kier alpha value is -3.21. The molecule has 0 aliphatic carbocycles. The van der Waals surface area contributed by atoms with Crippen molar-refractivity contribution in [2.75, 3.05) is 6.54 Å². The number of rotatable bonds is 9. The Bertz CT molecular complexity index is 1320. The molecule has 0 amide bonds. The van der Waals surface area contributed by atoms with Crippen LogP contribution < -0.4 is 5.32 Å². The minimum atomic E-state index is -0.891. The SMILES string of the molecule is C[C@@H](NCCc1cc(-c2cc(F)cc(CCC(=O)O)c2)c2ccccc2c1)c1cccc(Cl)c1. The Kier molecular flexibility index (Phi) is 7.61. The Morgan fingerprint density at radius 1 is 0.971 bits per heavy atom. The third-order valence-corrected chi connectivity index (χ3v) is 6.27. The normalized spacial score (nSPS) is 12.1. The van der Waals surface area contributed by atoms with Crippen LogP contribution in [0.4, 0.5) is 4.39 Å². The molecule has 3 nitrogen and oxygen atoms in total. The molecule has 0 heterocycles. The quantitative estimate of drug-likeness (QED) is 0.269. The molecule has 4 rings (SSSR count). The molecule has 2 N–H and O–H groups in total. The molecule has 0 spiro atoms. The first-order chi connectivity index (χ1) is 16.4. The number of carboxylic acid groups (broad SMARTS) is 1. The highest BCUT2D eigenvalue weighted by Crippen LogP contribution is 2.32. The van der Waals surface area contributed by atoms with Crippen molar-refractivity contribution in [2.45, 2.75) is 32.2 Å². The number of hydrogen-bond donors (Lipinski definition) is 2. The summed E-state index contributed by atoms with van der Waals surface area (Å²) in [6, 6.07) is 25.2. The van der Waals surface area contributed by atoms with Gasteiger partial charge in [0, 0.05) is 17.5 Å². The zero-order chi connectivity index (χ0) is 24.1. The van der Waals surface area contributed by atoms with Crippen LogP contribution in [-0.4, -0.2) is 17.6 Å². The predicted molar refractivity (Wildman–Crippen MR) is 137 cm³/mol. The Morgan fingerprint density at radius 2 is 1.76 bits per heavy atom. The molecule has 0 saturated carbocycles. The van der Waals surface area contributed by atoms with Crippen LogP contribution in [-0.2, 0) is 17.6 Å². The molecule has 0 aliphatic heterocycles. The molecule has 1 atom stereocenters. The third kappa shape index (κ3) is 6.02. The maximum atomic E-state index is 14.5. The number of aliphatic carboxylic acids is 1. The Morgan fingerprint density at radius 3 is 2.56 bits per heavy atom. The zero-order valence-electron chi connectivity index (χ0n) is 19.0. The van der Waals surface area contributed by atoms with Gasteiger partial charge in [-0.3, -0.25) is 4.79 Å². The first-order valence-corrected chi connectivity index (χ1v) is 11.8. The van der Waals surface area contributed by atoms with Crippen molar-refractivity contribution >= 4 is 28.3 Å². The summed E-state index contributed by atoms with van der Waals surface area (Å²) < 4.78 is 14.5. The van der Waals surface area contributed by atoms with E-state index in [1.54, 1.807) is 0 Å². The van der Waals surface area contributed by atoms with Crippen molar-refractivity contribution in [1.82, 2.24) is 5.32 Å². The lowest BCUT2D eigenvalue weighted by atomic mass is 9.93. The fourth-order valence-corrected chi connectivity index (χ4v) is 4.48. The van der Waals surface area contributed by atoms with Crippen LogP contribution in [0, 0.1) is 5.82 Å². The number of carboxylic acids is 1. The van der Waals surface area contributed by atoms with Crippen LogP contribution >= 0.6 is 11.6 Å². The number of fused-ring (bicyclic) bond motifs is 1. The van der Waals surface area contributed by atoms with E-state index in [4.69, 9.17) is 16.7 Å². The van der Waals surface area contributed by atoms with Crippen molar-refractivity contribution in [2.24, 2.45) is 0 Å². The topological polar surface area (TPSA) is 49.3 Å². The number of nitrogens with one attached hydrogen (secondary N) is 1. The monoisotopic (exact) mass is 475 g/mol. The summed E-state index contributed by atoms with van der Waals surface area (Å²) in [5, 5.41) is 15.4. The second-order valence-electron chi connectivity index (χ2n) is 8.59. The summed E-state index contributed by atoms with van der Waals surface area (Å²) in [7, 11) is 0. The van der Waals surface area contributed by atoms with Gasteiger partial charge in [-0.25, -0.2) is 4.39 Å². The summed E-state index contributed by atoms with van der Waals surface area (Å²) in [6.07, 6.45) is 1.08. The highest BCUT2D eigenvalue weighted by Gasteiger charge is 2.11. The molecule has 4 aromatic rings. The third-order valence-electron chi connectivity index (χ3n) is 6.03. The number of halogens is 2. The van der Waals surface area contributed by atoms with Crippen LogP contribution in [0.25, 0.3) is 21.9 Å². The van der Waals surface area contributed by atoms with Crippen LogP contribution in [0.15, 0.2) is 78.9 Å². The molecule has 0 aromatic heterocycles. The van der Waals surface area contributed by atoms with Crippen molar-refractivity contribution < 1.29 is 14.3 Å². The largest absolute Gasteiger partial charge is 0.481 e. The molecule has 0 bridgehead atoms. The van der Waals surface area contributed by atoms with Gasteiger partial charge in [0.1, 0.15) is 5.82 Å². The van der Waals surface area contributed by atoms with Gasteiger partial charge in [-0.1, -0.05) is 66.2 Å². The van der Waals surface area contributed by atoms with E-state index in [1.165, 1.54) is 12.1 Å². The summed E-state index contributed by atoms with van der Waals surface area (Å²) in [4.78, 5) is 11.0. The summed E-state index contributed by atoms with van der Waals surface area (Å²) in [5.74, 6) is -1.25. The van der Waals surface area contributed by atoms with Crippen molar-refractivity contribution in [3.05, 3.63) is 106 Å². The van der Waals surface area contributed by atoms with Gasteiger partial charge in [-0.05, 0) is 89.2 Å². The summed E-state index contributed by atoms with van der Waals surface area (Å²) >= 11 is 6.12. The maximum absolute atomic E-state index is 14.5. The van der Waals surface area contributed by atoms with Gasteiger partial charge in [0.05, 0.1) is 0 Å². The fraction of sp³-hybridized carbons (Fsp3) is 0.207. The number of carbonyl (C=O) groups is 1. The molecule has 0 fully saturated rings. The minimum absolute atomic E-state index is 0.0276. The molecule has 34 heavy (non-hydrogen) atoms. The molecule has 0 radical (unpaired) electrons. The van der Waals surface area contributed by atoms with Gasteiger partial charge in [0.15, 0.2) is 0 Å². The highest BCUT2D eigenvalue weighted by molar-refractivity contribution is 6.30. The van der Waals surface area contributed by atoms with Crippen molar-refractivity contribution in [1.29, 1.82) is 0 Å². The Labute approximate surface area is 204 Å². The second-order valence-corrected chi connectivity index (χ2v) is 9.02. The lowest BCUT2D eigenvalue weighted by Crippen LogP contribution is -2.21. The summed E-state index contributed by atoms with van der Waals surface area (Å²) in [6.45, 7) is 2.89. The van der Waals surface area contributed by atoms with Crippen molar-refractivity contribution in [3.63, 3.8) is 0 Å². The van der Waals surface area contributed by atoms with E-state index in [1.807, 2.05) is 42.5 Å². The average Bonchev–Trinajstić information content (AvgIpc) is 2.82. The van der Waals surface area contributed by atoms with Gasteiger partial charge in [0.2, 0.25) is 0 Å². The molecule has 4 aromatic carbocycles. The van der Waals surface area contributed by atoms with Gasteiger partial charge >= 0.3 is 5.97 Å². The first kappa shape index (κ1) is 23.9. The number of aryl methyl sites for hydroxylation is 1. The molecule has 0 saturated heterocycles. The molecule has 174 valence electrons. The lowest BCUT2D eigenvalue weighted by Gasteiger charge is -2.16. The van der Waals surface area contributed by atoms with Crippen LogP contribution in [0.5, 0.6) is 0 Å². The highest BCUT2D eigenvalue weighted by atomic mass is 35.5. The molecule has 0 unspecified atom stereocenters. The standard InChI is InChI=1S/C29H27ClFNO2/c1-19(22-6-4-7-25(30)17-22)32-12-11-21-13-23-5-2-3-8-27(23)28(16-21)24-14-20(9-10-29(33)34)15-26(31)18-24/h2-8,13-19,32H,9-12H2,1H3,(H,33,34)/t19-/m1/s1. The van der Waals surface area contributed by atoms with E-state index in [9.17, 15) is 9.18 Å². The van der Waals surface area contributed by atoms with Crippen LogP contribution in [0.3, 0.4) is 0 Å². The fourth-order valence-electron chi connectivity index (χ4n) is 4.28. The van der Waals surface area contributed by atoms with Gasteiger partial charge < -0.3 is 10.4 Å². The van der Waals surface area contributed by atoms with E-state index < -0.39 is 5.97 Å². The molecule has 0 aliphatic rings. The van der Waals surface area contributed by atoms with Gasteiger partial charge in [0.25, 0.3) is 0 Å². The van der Waals surface area contributed by atoms with Gasteiger partial charge in [-0.2, -0.15) is 0 Å². The van der Waals surface area contributed by atoms with Gasteiger partial charge in [-0.15, -0.1) is 0 Å². The van der Waals surface area contributed by atoms with E-state index in [0.717, 1.165) is 51.0 Å². The molecule has 5 heteroatoms.